The standard InChI is InChI=1S/C33H34N7O2.Na/c1-3-4-11-30-34-29-17-16-24(33(2)20-25-8-7-18-40(25)42-33)19-28(29)32(41)39(30)21-22-12-14-23(15-13-22)26-9-5-6-10-27(26)31-35-37-38-36-31;/h5-6,9-10,12-17,19,25H,3-4,7-8,11,18,20-21H2,1-2H3;/q-1;+1/t25-,33+;/m0./s1. The van der Waals surface area contributed by atoms with Crippen LogP contribution in [0.5, 0.6) is 0 Å². The van der Waals surface area contributed by atoms with Crippen molar-refractivity contribution < 1.29 is 34.4 Å². The normalized spacial score (nSPS) is 19.9. The molecule has 2 aromatic heterocycles. The zero-order chi connectivity index (χ0) is 28.7. The summed E-state index contributed by atoms with van der Waals surface area (Å²) < 4.78 is 1.86. The van der Waals surface area contributed by atoms with E-state index in [0.29, 0.717) is 23.8 Å². The van der Waals surface area contributed by atoms with E-state index in [2.05, 4.69) is 69.9 Å². The van der Waals surface area contributed by atoms with E-state index in [9.17, 15) is 4.79 Å². The van der Waals surface area contributed by atoms with Gasteiger partial charge in [-0.15, -0.1) is 0 Å². The molecule has 0 spiro atoms. The minimum atomic E-state index is -0.427. The number of fused-ring (bicyclic) bond motifs is 2. The Morgan fingerprint density at radius 2 is 1.88 bits per heavy atom. The molecule has 10 heteroatoms. The number of rotatable bonds is 8. The first-order chi connectivity index (χ1) is 20.5. The van der Waals surface area contributed by atoms with Crippen molar-refractivity contribution in [1.29, 1.82) is 0 Å². The van der Waals surface area contributed by atoms with E-state index in [1.165, 1.54) is 12.8 Å². The summed E-state index contributed by atoms with van der Waals surface area (Å²) in [6.45, 7) is 5.73. The molecule has 214 valence electrons. The number of hydrogen-bond donors (Lipinski definition) is 0. The van der Waals surface area contributed by atoms with E-state index in [1.54, 1.807) is 0 Å². The van der Waals surface area contributed by atoms with Gasteiger partial charge in [0, 0.05) is 31.3 Å². The van der Waals surface area contributed by atoms with Crippen LogP contribution in [0.1, 0.15) is 62.9 Å². The second-order valence-corrected chi connectivity index (χ2v) is 11.7. The maximum Gasteiger partial charge on any atom is 1.00 e. The van der Waals surface area contributed by atoms with Gasteiger partial charge in [0.1, 0.15) is 11.4 Å². The second-order valence-electron chi connectivity index (χ2n) is 11.7. The van der Waals surface area contributed by atoms with Gasteiger partial charge in [-0.05, 0) is 66.1 Å². The van der Waals surface area contributed by atoms with E-state index in [0.717, 1.165) is 71.4 Å². The van der Waals surface area contributed by atoms with Crippen molar-refractivity contribution >= 4 is 10.9 Å². The van der Waals surface area contributed by atoms with Crippen LogP contribution in [-0.2, 0) is 23.4 Å². The molecule has 2 fully saturated rings. The van der Waals surface area contributed by atoms with Crippen molar-refractivity contribution in [2.45, 2.75) is 70.6 Å². The molecule has 2 saturated heterocycles. The first-order valence-corrected chi connectivity index (χ1v) is 14.9. The summed E-state index contributed by atoms with van der Waals surface area (Å²) in [6, 6.07) is 22.8. The summed E-state index contributed by atoms with van der Waals surface area (Å²) in [7, 11) is 0. The Balaban J connectivity index is 0.00000329. The first kappa shape index (κ1) is 29.8. The predicted molar refractivity (Wildman–Crippen MR) is 161 cm³/mol. The smallest absolute Gasteiger partial charge is 0.330 e. The van der Waals surface area contributed by atoms with Gasteiger partial charge in [0.25, 0.3) is 5.56 Å². The number of aryl methyl sites for hydroxylation is 1. The van der Waals surface area contributed by atoms with Gasteiger partial charge in [-0.1, -0.05) is 67.9 Å². The Morgan fingerprint density at radius 3 is 2.63 bits per heavy atom. The molecular weight excluding hydrogens is 549 g/mol. The Labute approximate surface area is 272 Å². The van der Waals surface area contributed by atoms with Gasteiger partial charge in [0.05, 0.1) is 17.4 Å². The fraction of sp³-hybridized carbons (Fsp3) is 0.364. The Kier molecular flexibility index (Phi) is 8.62. The van der Waals surface area contributed by atoms with Crippen molar-refractivity contribution in [3.63, 3.8) is 0 Å². The largest absolute Gasteiger partial charge is 1.00 e. The summed E-state index contributed by atoms with van der Waals surface area (Å²) in [4.78, 5) is 25.5. The predicted octanol–water partition coefficient (Wildman–Crippen LogP) is 2.28. The number of benzene rings is 3. The van der Waals surface area contributed by atoms with Gasteiger partial charge in [-0.25, -0.2) is 4.98 Å². The monoisotopic (exact) mass is 583 g/mol. The molecule has 2 atom stereocenters. The van der Waals surface area contributed by atoms with Crippen LogP contribution < -0.4 is 40.2 Å². The molecule has 0 bridgehead atoms. The zero-order valence-electron chi connectivity index (χ0n) is 25.0. The molecule has 43 heavy (non-hydrogen) atoms. The first-order valence-electron chi connectivity index (χ1n) is 14.9. The third-order valence-corrected chi connectivity index (χ3v) is 8.76. The molecule has 3 aromatic carbocycles. The maximum atomic E-state index is 14.1. The van der Waals surface area contributed by atoms with E-state index in [4.69, 9.17) is 9.82 Å². The minimum Gasteiger partial charge on any atom is -0.330 e. The van der Waals surface area contributed by atoms with Crippen molar-refractivity contribution in [1.82, 2.24) is 35.2 Å². The minimum absolute atomic E-state index is 0. The van der Waals surface area contributed by atoms with E-state index in [-0.39, 0.29) is 35.1 Å². The third-order valence-electron chi connectivity index (χ3n) is 8.76. The molecular formula is C33H34N7NaO2. The fourth-order valence-corrected chi connectivity index (χ4v) is 6.49. The van der Waals surface area contributed by atoms with Gasteiger partial charge in [-0.2, -0.15) is 10.3 Å². The third kappa shape index (κ3) is 5.72. The van der Waals surface area contributed by atoms with Crippen LogP contribution in [0, 0.1) is 0 Å². The van der Waals surface area contributed by atoms with Crippen molar-refractivity contribution in [2.75, 3.05) is 6.54 Å². The second kappa shape index (κ2) is 12.4. The van der Waals surface area contributed by atoms with Crippen molar-refractivity contribution in [3.8, 4) is 22.5 Å². The molecule has 9 nitrogen and oxygen atoms in total. The number of hydrogen-bond acceptors (Lipinski definition) is 7. The number of unbranched alkanes of at least 4 members (excludes halogenated alkanes) is 1. The van der Waals surface area contributed by atoms with Gasteiger partial charge in [-0.3, -0.25) is 24.5 Å². The molecule has 0 radical (unpaired) electrons. The van der Waals surface area contributed by atoms with Crippen LogP contribution in [0.15, 0.2) is 71.5 Å². The fourth-order valence-electron chi connectivity index (χ4n) is 6.49. The quantitative estimate of drug-likeness (QED) is 0.257. The number of nitrogens with zero attached hydrogens (tertiary/aromatic N) is 7. The Hall–Kier alpha value is -3.21. The molecule has 0 unspecified atom stereocenters. The van der Waals surface area contributed by atoms with Crippen molar-refractivity contribution in [2.24, 2.45) is 0 Å². The van der Waals surface area contributed by atoms with Gasteiger partial charge < -0.3 is 5.10 Å². The molecule has 2 aliphatic heterocycles. The molecule has 0 saturated carbocycles. The van der Waals surface area contributed by atoms with Crippen LogP contribution >= 0.6 is 0 Å². The van der Waals surface area contributed by atoms with E-state index < -0.39 is 5.60 Å². The van der Waals surface area contributed by atoms with Crippen molar-refractivity contribution in [3.05, 3.63) is 94.0 Å². The summed E-state index contributed by atoms with van der Waals surface area (Å²) >= 11 is 0. The number of tetrazole rings is 1. The summed E-state index contributed by atoms with van der Waals surface area (Å²) in [5.74, 6) is 1.33. The van der Waals surface area contributed by atoms with Gasteiger partial charge >= 0.3 is 29.6 Å². The Morgan fingerprint density at radius 1 is 1.07 bits per heavy atom. The number of hydroxylamine groups is 2. The summed E-state index contributed by atoms with van der Waals surface area (Å²) in [6.07, 6.45) is 6.05. The van der Waals surface area contributed by atoms with Crippen LogP contribution in [0.25, 0.3) is 33.4 Å². The average Bonchev–Trinajstić information content (AvgIpc) is 3.76. The summed E-state index contributed by atoms with van der Waals surface area (Å²) in [5.41, 5.74) is 5.31. The molecule has 4 heterocycles. The molecule has 2 aliphatic rings. The van der Waals surface area contributed by atoms with Crippen LogP contribution in [0.2, 0.25) is 0 Å². The van der Waals surface area contributed by atoms with E-state index >= 15 is 0 Å². The molecule has 0 N–H and O–H groups in total. The summed E-state index contributed by atoms with van der Waals surface area (Å²) in [5, 5.41) is 18.1. The SMILES string of the molecule is CCCCc1nc2ccc([C@@]3(C)C[C@@H]4CCCN4O3)cc2c(=O)n1Cc1ccc(-c2ccccc2-c2nnn[n-]2)cc1.[Na+]. The number of aromatic nitrogens is 6. The van der Waals surface area contributed by atoms with Crippen LogP contribution in [0.4, 0.5) is 0 Å². The molecule has 5 aromatic rings. The van der Waals surface area contributed by atoms with Gasteiger partial charge in [0.2, 0.25) is 0 Å². The van der Waals surface area contributed by atoms with E-state index in [1.807, 2.05) is 41.0 Å². The average molecular weight is 584 g/mol. The maximum absolute atomic E-state index is 14.1. The zero-order valence-corrected chi connectivity index (χ0v) is 27.0. The van der Waals surface area contributed by atoms with Crippen LogP contribution in [-0.4, -0.2) is 42.7 Å². The molecule has 0 aliphatic carbocycles. The Bertz CT molecular complexity index is 1770. The molecule has 7 rings (SSSR count). The topological polar surface area (TPSA) is 100 Å². The molecule has 0 amide bonds. The van der Waals surface area contributed by atoms with Crippen LogP contribution in [0.3, 0.4) is 0 Å². The van der Waals surface area contributed by atoms with Gasteiger partial charge in [0.15, 0.2) is 0 Å².